The summed E-state index contributed by atoms with van der Waals surface area (Å²) in [5.41, 5.74) is 2.29. The summed E-state index contributed by atoms with van der Waals surface area (Å²) in [7, 11) is 1.88. The Bertz CT molecular complexity index is 1280. The zero-order valence-electron chi connectivity index (χ0n) is 18.1. The molecule has 1 aliphatic heterocycles. The van der Waals surface area contributed by atoms with Gasteiger partial charge in [0, 0.05) is 57.1 Å². The van der Waals surface area contributed by atoms with Crippen molar-refractivity contribution in [1.29, 1.82) is 0 Å². The highest BCUT2D eigenvalue weighted by Gasteiger charge is 2.27. The minimum Gasteiger partial charge on any atom is -0.336 e. The number of amides is 1. The molecule has 0 N–H and O–H groups in total. The molecule has 0 aliphatic carbocycles. The average Bonchev–Trinajstić information content (AvgIpc) is 3.44. The van der Waals surface area contributed by atoms with E-state index in [4.69, 9.17) is 0 Å². The number of carbonyl (C=O) groups excluding carboxylic acids is 1. The summed E-state index contributed by atoms with van der Waals surface area (Å²) in [6.07, 6.45) is 2.41. The van der Waals surface area contributed by atoms with Gasteiger partial charge in [-0.15, -0.1) is 0 Å². The van der Waals surface area contributed by atoms with Crippen LogP contribution in [0.5, 0.6) is 0 Å². The van der Waals surface area contributed by atoms with Crippen LogP contribution in [0.3, 0.4) is 0 Å². The molecule has 1 fully saturated rings. The smallest absolute Gasteiger partial charge is 0.280 e. The summed E-state index contributed by atoms with van der Waals surface area (Å²) in [4.78, 5) is 21.8. The van der Waals surface area contributed by atoms with Gasteiger partial charge in [-0.05, 0) is 6.07 Å². The Kier molecular flexibility index (Phi) is 5.59. The molecule has 1 saturated heterocycles. The number of fused-ring (bicyclic) bond motifs is 1. The number of halogens is 2. The van der Waals surface area contributed by atoms with Crippen molar-refractivity contribution in [3.63, 3.8) is 0 Å². The highest BCUT2D eigenvalue weighted by molar-refractivity contribution is 6.00. The Morgan fingerprint density at radius 1 is 1.06 bits per heavy atom. The molecule has 1 amide bonds. The normalized spacial score (nSPS) is 15.0. The number of hydrogen-bond acceptors (Lipinski definition) is 5. The van der Waals surface area contributed by atoms with Crippen LogP contribution in [-0.4, -0.2) is 66.3 Å². The van der Waals surface area contributed by atoms with E-state index in [9.17, 15) is 13.6 Å². The summed E-state index contributed by atoms with van der Waals surface area (Å²) in [6.45, 7) is 3.27. The zero-order chi connectivity index (χ0) is 22.9. The first-order valence-electron chi connectivity index (χ1n) is 10.7. The largest absolute Gasteiger partial charge is 0.336 e. The van der Waals surface area contributed by atoms with E-state index in [-0.39, 0.29) is 22.8 Å². The molecule has 0 spiro atoms. The van der Waals surface area contributed by atoms with Gasteiger partial charge in [0.25, 0.3) is 12.3 Å². The van der Waals surface area contributed by atoms with E-state index in [1.165, 1.54) is 12.3 Å². The molecule has 0 unspecified atom stereocenters. The highest BCUT2D eigenvalue weighted by Crippen LogP contribution is 2.27. The zero-order valence-corrected chi connectivity index (χ0v) is 18.1. The van der Waals surface area contributed by atoms with Crippen LogP contribution in [-0.2, 0) is 13.6 Å². The molecule has 0 radical (unpaired) electrons. The number of piperazine rings is 1. The number of hydrogen-bond donors (Lipinski definition) is 0. The third-order valence-corrected chi connectivity index (χ3v) is 5.85. The van der Waals surface area contributed by atoms with Crippen LogP contribution in [0.25, 0.3) is 16.9 Å². The van der Waals surface area contributed by atoms with E-state index < -0.39 is 6.43 Å². The first kappa shape index (κ1) is 21.2. The fraction of sp³-hybridized carbons (Fsp3) is 0.304. The molecule has 170 valence electrons. The Labute approximate surface area is 189 Å². The van der Waals surface area contributed by atoms with Crippen LogP contribution in [0.15, 0.2) is 55.0 Å². The molecule has 4 aromatic rings. The lowest BCUT2D eigenvalue weighted by Gasteiger charge is -2.34. The molecule has 1 aliphatic rings. The topological polar surface area (TPSA) is 71.6 Å². The summed E-state index contributed by atoms with van der Waals surface area (Å²) >= 11 is 0. The van der Waals surface area contributed by atoms with Crippen LogP contribution in [0.1, 0.15) is 28.0 Å². The van der Waals surface area contributed by atoms with Gasteiger partial charge in [0.15, 0.2) is 5.65 Å². The van der Waals surface area contributed by atoms with Crippen LogP contribution in [0.4, 0.5) is 8.78 Å². The van der Waals surface area contributed by atoms with Crippen molar-refractivity contribution >= 4 is 11.6 Å². The average molecular weight is 451 g/mol. The lowest BCUT2D eigenvalue weighted by molar-refractivity contribution is 0.0630. The fourth-order valence-corrected chi connectivity index (χ4v) is 4.14. The maximum absolute atomic E-state index is 13.8. The third-order valence-electron chi connectivity index (χ3n) is 5.85. The van der Waals surface area contributed by atoms with Gasteiger partial charge in [-0.3, -0.25) is 14.4 Å². The quantitative estimate of drug-likeness (QED) is 0.467. The maximum atomic E-state index is 13.8. The van der Waals surface area contributed by atoms with Gasteiger partial charge in [0.05, 0.1) is 18.1 Å². The Morgan fingerprint density at radius 2 is 1.82 bits per heavy atom. The van der Waals surface area contributed by atoms with E-state index in [1.54, 1.807) is 21.7 Å². The standard InChI is InChI=1S/C23H23F2N7O/c1-29-14-16(12-26-29)15-30-7-9-31(10-8-30)23(33)18-13-27-32-20(21(24)25)11-19(28-22(18)32)17-5-3-2-4-6-17/h2-6,11-14,21H,7-10,15H2,1H3. The lowest BCUT2D eigenvalue weighted by atomic mass is 10.1. The van der Waals surface area contributed by atoms with E-state index >= 15 is 0 Å². The molecule has 3 aromatic heterocycles. The Morgan fingerprint density at radius 3 is 2.48 bits per heavy atom. The summed E-state index contributed by atoms with van der Waals surface area (Å²) < 4.78 is 30.4. The third kappa shape index (κ3) is 4.21. The van der Waals surface area contributed by atoms with Crippen molar-refractivity contribution in [3.8, 4) is 11.3 Å². The van der Waals surface area contributed by atoms with Crippen molar-refractivity contribution in [2.75, 3.05) is 26.2 Å². The van der Waals surface area contributed by atoms with Gasteiger partial charge < -0.3 is 4.90 Å². The number of benzene rings is 1. The van der Waals surface area contributed by atoms with Crippen LogP contribution in [0, 0.1) is 0 Å². The highest BCUT2D eigenvalue weighted by atomic mass is 19.3. The molecule has 8 nitrogen and oxygen atoms in total. The number of nitrogens with zero attached hydrogens (tertiary/aromatic N) is 7. The SMILES string of the molecule is Cn1cc(CN2CCN(C(=O)c3cnn4c(C(F)F)cc(-c5ccccc5)nc34)CC2)cn1. The number of carbonyl (C=O) groups is 1. The van der Waals surface area contributed by atoms with Crippen molar-refractivity contribution in [2.24, 2.45) is 7.05 Å². The van der Waals surface area contributed by atoms with Gasteiger partial charge in [-0.1, -0.05) is 30.3 Å². The molecule has 0 saturated carbocycles. The van der Waals surface area contributed by atoms with Gasteiger partial charge >= 0.3 is 0 Å². The van der Waals surface area contributed by atoms with Crippen molar-refractivity contribution < 1.29 is 13.6 Å². The van der Waals surface area contributed by atoms with Crippen molar-refractivity contribution in [1.82, 2.24) is 34.2 Å². The predicted octanol–water partition coefficient (Wildman–Crippen LogP) is 3.03. The first-order chi connectivity index (χ1) is 16.0. The fourth-order valence-electron chi connectivity index (χ4n) is 4.14. The molecule has 1 aromatic carbocycles. The molecule has 33 heavy (non-hydrogen) atoms. The molecule has 0 bridgehead atoms. The second-order valence-electron chi connectivity index (χ2n) is 8.12. The molecular weight excluding hydrogens is 428 g/mol. The van der Waals surface area contributed by atoms with E-state index in [1.807, 2.05) is 37.6 Å². The van der Waals surface area contributed by atoms with Gasteiger partial charge in [0.2, 0.25) is 0 Å². The monoisotopic (exact) mass is 451 g/mol. The van der Waals surface area contributed by atoms with E-state index in [0.717, 1.165) is 16.6 Å². The van der Waals surface area contributed by atoms with Crippen LogP contribution in [0.2, 0.25) is 0 Å². The maximum Gasteiger partial charge on any atom is 0.280 e. The molecular formula is C23H23F2N7O. The summed E-state index contributed by atoms with van der Waals surface area (Å²) in [6, 6.07) is 10.4. The number of aryl methyl sites for hydroxylation is 1. The molecule has 5 rings (SSSR count). The van der Waals surface area contributed by atoms with Gasteiger partial charge in [-0.25, -0.2) is 18.3 Å². The van der Waals surface area contributed by atoms with Gasteiger partial charge in [-0.2, -0.15) is 10.2 Å². The number of alkyl halides is 2. The second kappa shape index (κ2) is 8.70. The van der Waals surface area contributed by atoms with Crippen molar-refractivity contribution in [2.45, 2.75) is 13.0 Å². The number of rotatable bonds is 5. The number of aromatic nitrogens is 5. The van der Waals surface area contributed by atoms with E-state index in [0.29, 0.717) is 37.4 Å². The minimum atomic E-state index is -2.75. The minimum absolute atomic E-state index is 0.148. The van der Waals surface area contributed by atoms with Crippen LogP contribution < -0.4 is 0 Å². The van der Waals surface area contributed by atoms with Crippen molar-refractivity contribution in [3.05, 3.63) is 71.8 Å². The van der Waals surface area contributed by atoms with E-state index in [2.05, 4.69) is 20.1 Å². The Balaban J connectivity index is 1.39. The second-order valence-corrected chi connectivity index (χ2v) is 8.12. The van der Waals surface area contributed by atoms with Crippen LogP contribution >= 0.6 is 0 Å². The Hall–Kier alpha value is -3.66. The molecule has 10 heteroatoms. The molecule has 4 heterocycles. The summed E-state index contributed by atoms with van der Waals surface area (Å²) in [5.74, 6) is -0.246. The lowest BCUT2D eigenvalue weighted by Crippen LogP contribution is -2.48. The summed E-state index contributed by atoms with van der Waals surface area (Å²) in [5, 5.41) is 8.26. The predicted molar refractivity (Wildman–Crippen MR) is 118 cm³/mol. The molecule has 0 atom stereocenters. The van der Waals surface area contributed by atoms with Gasteiger partial charge in [0.1, 0.15) is 11.3 Å². The first-order valence-corrected chi connectivity index (χ1v) is 10.7.